The second-order valence-corrected chi connectivity index (χ2v) is 10.4. The summed E-state index contributed by atoms with van der Waals surface area (Å²) in [4.78, 5) is 2.37. The van der Waals surface area contributed by atoms with Crippen molar-refractivity contribution in [1.29, 1.82) is 0 Å². The van der Waals surface area contributed by atoms with Crippen LogP contribution in [0.4, 0.5) is 20.2 Å². The predicted octanol–water partition coefficient (Wildman–Crippen LogP) is 4.68. The molecule has 0 spiro atoms. The Kier molecular flexibility index (Phi) is 6.00. The summed E-state index contributed by atoms with van der Waals surface area (Å²) in [5, 5.41) is 5.27. The molecule has 0 unspecified atom stereocenters. The van der Waals surface area contributed by atoms with Gasteiger partial charge in [0.2, 0.25) is 0 Å². The van der Waals surface area contributed by atoms with E-state index in [1.54, 1.807) is 12.1 Å². The number of rotatable bonds is 5. The van der Waals surface area contributed by atoms with Crippen molar-refractivity contribution >= 4 is 32.7 Å². The number of sulfonamides is 1. The van der Waals surface area contributed by atoms with Crippen LogP contribution in [0.1, 0.15) is 13.8 Å². The van der Waals surface area contributed by atoms with E-state index in [1.807, 2.05) is 17.5 Å². The third-order valence-electron chi connectivity index (χ3n) is 5.14. The second-order valence-electron chi connectivity index (χ2n) is 7.77. The van der Waals surface area contributed by atoms with Gasteiger partial charge in [0.05, 0.1) is 5.69 Å². The van der Waals surface area contributed by atoms with Gasteiger partial charge >= 0.3 is 0 Å². The zero-order valence-electron chi connectivity index (χ0n) is 17.1. The molecule has 0 radical (unpaired) electrons. The summed E-state index contributed by atoms with van der Waals surface area (Å²) in [5.74, 6) is -1.61. The molecule has 2 aromatic carbocycles. The van der Waals surface area contributed by atoms with E-state index in [0.717, 1.165) is 4.88 Å². The van der Waals surface area contributed by atoms with Gasteiger partial charge in [-0.05, 0) is 61.2 Å². The van der Waals surface area contributed by atoms with Crippen LogP contribution in [-0.2, 0) is 10.0 Å². The van der Waals surface area contributed by atoms with E-state index in [-0.39, 0.29) is 17.8 Å². The second kappa shape index (κ2) is 8.57. The van der Waals surface area contributed by atoms with Gasteiger partial charge < -0.3 is 10.2 Å². The Bertz CT molecular complexity index is 1170. The molecule has 1 aliphatic rings. The quantitative estimate of drug-likeness (QED) is 0.577. The summed E-state index contributed by atoms with van der Waals surface area (Å²) in [6, 6.07) is 12.4. The van der Waals surface area contributed by atoms with Gasteiger partial charge in [-0.2, -0.15) is 0 Å². The van der Waals surface area contributed by atoms with Crippen LogP contribution in [0.15, 0.2) is 58.8 Å². The molecule has 0 saturated carbocycles. The van der Waals surface area contributed by atoms with Crippen molar-refractivity contribution < 1.29 is 17.2 Å². The molecule has 1 aliphatic heterocycles. The third-order valence-corrected chi connectivity index (χ3v) is 7.46. The molecule has 2 atom stereocenters. The monoisotopic (exact) mass is 463 g/mol. The molecular weight excluding hydrogens is 440 g/mol. The zero-order valence-corrected chi connectivity index (χ0v) is 18.7. The van der Waals surface area contributed by atoms with Crippen molar-refractivity contribution in [3.8, 4) is 10.4 Å². The fourth-order valence-electron chi connectivity index (χ4n) is 3.84. The molecule has 164 valence electrons. The molecule has 1 fully saturated rings. The molecule has 31 heavy (non-hydrogen) atoms. The molecule has 1 saturated heterocycles. The fourth-order valence-corrected chi connectivity index (χ4v) is 5.68. The minimum absolute atomic E-state index is 0.210. The summed E-state index contributed by atoms with van der Waals surface area (Å²) < 4.78 is 57.0. The Hall–Kier alpha value is -2.49. The van der Waals surface area contributed by atoms with Crippen LogP contribution in [0, 0.1) is 11.6 Å². The van der Waals surface area contributed by atoms with Gasteiger partial charge in [-0.1, -0.05) is 12.1 Å². The summed E-state index contributed by atoms with van der Waals surface area (Å²) in [5.41, 5.74) is 1.08. The first-order valence-corrected chi connectivity index (χ1v) is 12.3. The minimum atomic E-state index is -4.31. The predicted molar refractivity (Wildman–Crippen MR) is 121 cm³/mol. The number of anilines is 2. The molecule has 5 nitrogen and oxygen atoms in total. The first-order valence-electron chi connectivity index (χ1n) is 9.90. The van der Waals surface area contributed by atoms with E-state index in [1.165, 1.54) is 35.6 Å². The lowest BCUT2D eigenvalue weighted by atomic mass is 10.1. The summed E-state index contributed by atoms with van der Waals surface area (Å²) >= 11 is 1.43. The number of benzene rings is 2. The van der Waals surface area contributed by atoms with Gasteiger partial charge in [0, 0.05) is 35.7 Å². The van der Waals surface area contributed by atoms with E-state index in [0.29, 0.717) is 24.3 Å². The number of thiophene rings is 1. The van der Waals surface area contributed by atoms with Gasteiger partial charge in [0.25, 0.3) is 10.0 Å². The number of halogens is 2. The van der Waals surface area contributed by atoms with Crippen LogP contribution >= 0.6 is 11.3 Å². The van der Waals surface area contributed by atoms with E-state index in [4.69, 9.17) is 0 Å². The maximum atomic E-state index is 14.7. The van der Waals surface area contributed by atoms with Crippen molar-refractivity contribution in [2.45, 2.75) is 30.8 Å². The van der Waals surface area contributed by atoms with E-state index < -0.39 is 26.6 Å². The smallest absolute Gasteiger partial charge is 0.264 e. The van der Waals surface area contributed by atoms with E-state index in [2.05, 4.69) is 28.8 Å². The third kappa shape index (κ3) is 4.73. The first-order chi connectivity index (χ1) is 14.7. The Labute approximate surface area is 184 Å². The van der Waals surface area contributed by atoms with Crippen molar-refractivity contribution in [2.75, 3.05) is 22.7 Å². The van der Waals surface area contributed by atoms with Crippen molar-refractivity contribution in [3.05, 3.63) is 65.5 Å². The van der Waals surface area contributed by atoms with Crippen LogP contribution in [0.2, 0.25) is 0 Å². The highest BCUT2D eigenvalue weighted by Crippen LogP contribution is 2.30. The topological polar surface area (TPSA) is 61.4 Å². The van der Waals surface area contributed by atoms with Crippen molar-refractivity contribution in [2.24, 2.45) is 0 Å². The van der Waals surface area contributed by atoms with Gasteiger partial charge in [-0.15, -0.1) is 11.3 Å². The Morgan fingerprint density at radius 3 is 2.42 bits per heavy atom. The molecule has 1 aromatic heterocycles. The van der Waals surface area contributed by atoms with Crippen LogP contribution in [0.3, 0.4) is 0 Å². The first kappa shape index (κ1) is 21.7. The average molecular weight is 464 g/mol. The number of nitrogens with one attached hydrogen (secondary N) is 2. The number of hydrogen-bond acceptors (Lipinski definition) is 5. The molecular formula is C22H23F2N3O2S2. The highest BCUT2D eigenvalue weighted by atomic mass is 32.2. The Balaban J connectivity index is 1.61. The Morgan fingerprint density at radius 1 is 1.03 bits per heavy atom. The summed E-state index contributed by atoms with van der Waals surface area (Å²) in [6.07, 6.45) is 0. The van der Waals surface area contributed by atoms with Crippen molar-refractivity contribution in [1.82, 2.24) is 5.32 Å². The minimum Gasteiger partial charge on any atom is -0.368 e. The fraction of sp³-hybridized carbons (Fsp3) is 0.273. The average Bonchev–Trinajstić information content (AvgIpc) is 3.23. The maximum absolute atomic E-state index is 14.7. The van der Waals surface area contributed by atoms with Crippen LogP contribution in [0.5, 0.6) is 0 Å². The normalized spacial score (nSPS) is 19.4. The van der Waals surface area contributed by atoms with Gasteiger partial charge in [0.1, 0.15) is 16.5 Å². The maximum Gasteiger partial charge on any atom is 0.264 e. The highest BCUT2D eigenvalue weighted by Gasteiger charge is 2.24. The molecule has 0 bridgehead atoms. The largest absolute Gasteiger partial charge is 0.368 e. The molecule has 2 heterocycles. The SMILES string of the molecule is C[C@@H]1CN(c2ccc(F)c(NS(=O)(=O)c3ccc(-c4cccs4)cc3F)c2)C[C@H](C)N1. The molecule has 9 heteroatoms. The highest BCUT2D eigenvalue weighted by molar-refractivity contribution is 7.92. The van der Waals surface area contributed by atoms with Gasteiger partial charge in [0.15, 0.2) is 0 Å². The Morgan fingerprint density at radius 2 is 1.77 bits per heavy atom. The molecule has 0 amide bonds. The number of hydrogen-bond donors (Lipinski definition) is 2. The van der Waals surface area contributed by atoms with Crippen molar-refractivity contribution in [3.63, 3.8) is 0 Å². The van der Waals surface area contributed by atoms with Crippen LogP contribution in [0.25, 0.3) is 10.4 Å². The number of nitrogens with zero attached hydrogens (tertiary/aromatic N) is 1. The van der Waals surface area contributed by atoms with Crippen LogP contribution < -0.4 is 14.9 Å². The lowest BCUT2D eigenvalue weighted by Crippen LogP contribution is -2.54. The summed E-state index contributed by atoms with van der Waals surface area (Å²) in [7, 11) is -4.31. The number of piperazine rings is 1. The van der Waals surface area contributed by atoms with E-state index >= 15 is 0 Å². The van der Waals surface area contributed by atoms with Crippen LogP contribution in [-0.4, -0.2) is 33.6 Å². The van der Waals surface area contributed by atoms with Gasteiger partial charge in [-0.3, -0.25) is 4.72 Å². The van der Waals surface area contributed by atoms with E-state index in [9.17, 15) is 17.2 Å². The lowest BCUT2D eigenvalue weighted by molar-refractivity contribution is 0.407. The standard InChI is InChI=1S/C22H23F2N3O2S2/c1-14-12-27(13-15(2)25-14)17-6-7-18(23)20(11-17)26-31(28,29)22-8-5-16(10-19(22)24)21-4-3-9-30-21/h3-11,14-15,25-26H,12-13H2,1-2H3/t14-,15+. The summed E-state index contributed by atoms with van der Waals surface area (Å²) in [6.45, 7) is 5.53. The lowest BCUT2D eigenvalue weighted by Gasteiger charge is -2.37. The molecule has 3 aromatic rings. The zero-order chi connectivity index (χ0) is 22.2. The van der Waals surface area contributed by atoms with Gasteiger partial charge in [-0.25, -0.2) is 17.2 Å². The molecule has 0 aliphatic carbocycles. The molecule has 2 N–H and O–H groups in total. The molecule has 4 rings (SSSR count).